The van der Waals surface area contributed by atoms with E-state index in [0.29, 0.717) is 0 Å². The average Bonchev–Trinajstić information content (AvgIpc) is 2.99. The molecule has 1 aromatic heterocycles. The third-order valence-electron chi connectivity index (χ3n) is 3.40. The third-order valence-corrected chi connectivity index (χ3v) is 4.82. The highest BCUT2D eigenvalue weighted by Gasteiger charge is 2.35. The molecule has 1 saturated carbocycles. The third kappa shape index (κ3) is 4.17. The highest BCUT2D eigenvalue weighted by molar-refractivity contribution is 7.48. The minimum absolute atomic E-state index is 0.0650. The Kier molecular flexibility index (Phi) is 5.81. The van der Waals surface area contributed by atoms with Crippen molar-refractivity contribution in [2.75, 3.05) is 14.2 Å². The highest BCUT2D eigenvalue weighted by atomic mass is 31.2. The summed E-state index contributed by atoms with van der Waals surface area (Å²) in [5.41, 5.74) is 0.776. The SMILES string of the molecule is COC1CCCCC1OP(=O)(OC)OCc1ccoc1. The molecule has 0 radical (unpaired) electrons. The van der Waals surface area contributed by atoms with Crippen LogP contribution in [0.15, 0.2) is 23.0 Å². The average molecular weight is 304 g/mol. The fraction of sp³-hybridized carbons (Fsp3) is 0.692. The van der Waals surface area contributed by atoms with Crippen molar-refractivity contribution in [1.82, 2.24) is 0 Å². The van der Waals surface area contributed by atoms with Crippen LogP contribution in [0, 0.1) is 0 Å². The van der Waals surface area contributed by atoms with E-state index in [1.165, 1.54) is 19.6 Å². The molecular formula is C13H21O6P. The van der Waals surface area contributed by atoms with Gasteiger partial charge in [0.2, 0.25) is 0 Å². The largest absolute Gasteiger partial charge is 0.475 e. The Morgan fingerprint density at radius 2 is 2.05 bits per heavy atom. The van der Waals surface area contributed by atoms with Crippen LogP contribution in [0.2, 0.25) is 0 Å². The highest BCUT2D eigenvalue weighted by Crippen LogP contribution is 2.52. The second-order valence-electron chi connectivity index (χ2n) is 4.74. The lowest BCUT2D eigenvalue weighted by molar-refractivity contribution is -0.0410. The molecule has 20 heavy (non-hydrogen) atoms. The molecule has 1 heterocycles. The van der Waals surface area contributed by atoms with Gasteiger partial charge >= 0.3 is 7.82 Å². The molecule has 7 heteroatoms. The van der Waals surface area contributed by atoms with Gasteiger partial charge in [-0.2, -0.15) is 0 Å². The maximum atomic E-state index is 12.5. The van der Waals surface area contributed by atoms with E-state index in [-0.39, 0.29) is 18.8 Å². The molecule has 3 unspecified atom stereocenters. The molecule has 0 spiro atoms. The number of phosphoric acid groups is 1. The van der Waals surface area contributed by atoms with Gasteiger partial charge in [0.1, 0.15) is 0 Å². The van der Waals surface area contributed by atoms with Crippen molar-refractivity contribution in [1.29, 1.82) is 0 Å². The Bertz CT molecular complexity index is 432. The second kappa shape index (κ2) is 7.38. The second-order valence-corrected chi connectivity index (χ2v) is 6.47. The van der Waals surface area contributed by atoms with Crippen LogP contribution in [0.25, 0.3) is 0 Å². The van der Waals surface area contributed by atoms with E-state index in [0.717, 1.165) is 31.2 Å². The fourth-order valence-corrected chi connectivity index (χ4v) is 3.41. The molecule has 0 saturated heterocycles. The van der Waals surface area contributed by atoms with Crippen molar-refractivity contribution >= 4 is 7.82 Å². The van der Waals surface area contributed by atoms with E-state index in [1.807, 2.05) is 0 Å². The number of phosphoric ester groups is 1. The van der Waals surface area contributed by atoms with E-state index < -0.39 is 7.82 Å². The van der Waals surface area contributed by atoms with Crippen molar-refractivity contribution in [3.63, 3.8) is 0 Å². The van der Waals surface area contributed by atoms with Gasteiger partial charge < -0.3 is 9.15 Å². The van der Waals surface area contributed by atoms with Gasteiger partial charge in [-0.05, 0) is 18.9 Å². The molecule has 1 aromatic rings. The molecule has 1 aliphatic carbocycles. The first-order chi connectivity index (χ1) is 9.67. The van der Waals surface area contributed by atoms with Crippen molar-refractivity contribution in [3.05, 3.63) is 24.2 Å². The van der Waals surface area contributed by atoms with Crippen molar-refractivity contribution in [3.8, 4) is 0 Å². The summed E-state index contributed by atoms with van der Waals surface area (Å²) in [7, 11) is -0.626. The van der Waals surface area contributed by atoms with Gasteiger partial charge in [-0.25, -0.2) is 4.57 Å². The van der Waals surface area contributed by atoms with Gasteiger partial charge in [0, 0.05) is 19.8 Å². The Morgan fingerprint density at radius 3 is 2.65 bits per heavy atom. The number of methoxy groups -OCH3 is 1. The quantitative estimate of drug-likeness (QED) is 0.718. The minimum atomic E-state index is -3.58. The van der Waals surface area contributed by atoms with Crippen molar-refractivity contribution in [2.45, 2.75) is 44.5 Å². The molecule has 1 fully saturated rings. The first kappa shape index (κ1) is 15.7. The van der Waals surface area contributed by atoms with Crippen LogP contribution >= 0.6 is 7.82 Å². The lowest BCUT2D eigenvalue weighted by atomic mass is 9.95. The molecule has 0 N–H and O–H groups in total. The zero-order chi connectivity index (χ0) is 14.4. The monoisotopic (exact) mass is 304 g/mol. The molecular weight excluding hydrogens is 283 g/mol. The first-order valence-electron chi connectivity index (χ1n) is 6.69. The smallest absolute Gasteiger partial charge is 0.472 e. The maximum Gasteiger partial charge on any atom is 0.475 e. The summed E-state index contributed by atoms with van der Waals surface area (Å²) >= 11 is 0. The summed E-state index contributed by atoms with van der Waals surface area (Å²) in [5.74, 6) is 0. The Labute approximate surface area is 119 Å². The lowest BCUT2D eigenvalue weighted by Gasteiger charge is -2.31. The van der Waals surface area contributed by atoms with Gasteiger partial charge in [-0.3, -0.25) is 13.6 Å². The summed E-state index contributed by atoms with van der Waals surface area (Å²) in [6.07, 6.45) is 6.53. The Balaban J connectivity index is 1.93. The van der Waals surface area contributed by atoms with Gasteiger partial charge in [-0.1, -0.05) is 12.8 Å². The van der Waals surface area contributed by atoms with E-state index in [1.54, 1.807) is 13.2 Å². The number of ether oxygens (including phenoxy) is 1. The van der Waals surface area contributed by atoms with E-state index >= 15 is 0 Å². The van der Waals surface area contributed by atoms with Gasteiger partial charge in [0.05, 0.1) is 31.3 Å². The van der Waals surface area contributed by atoms with Crippen molar-refractivity contribution in [2.24, 2.45) is 0 Å². The fourth-order valence-electron chi connectivity index (χ4n) is 2.27. The summed E-state index contributed by atoms with van der Waals surface area (Å²) < 4.78 is 38.6. The van der Waals surface area contributed by atoms with Crippen molar-refractivity contribution < 1.29 is 27.3 Å². The predicted octanol–water partition coefficient (Wildman–Crippen LogP) is 3.52. The first-order valence-corrected chi connectivity index (χ1v) is 8.15. The molecule has 0 bridgehead atoms. The normalized spacial score (nSPS) is 26.3. The zero-order valence-corrected chi connectivity index (χ0v) is 12.7. The molecule has 6 nitrogen and oxygen atoms in total. The number of hydrogen-bond acceptors (Lipinski definition) is 6. The van der Waals surface area contributed by atoms with Gasteiger partial charge in [0.15, 0.2) is 0 Å². The molecule has 0 amide bonds. The summed E-state index contributed by atoms with van der Waals surface area (Å²) in [6.45, 7) is 0.117. The topological polar surface area (TPSA) is 67.1 Å². The van der Waals surface area contributed by atoms with Gasteiger partial charge in [-0.15, -0.1) is 0 Å². The van der Waals surface area contributed by atoms with E-state index in [9.17, 15) is 4.57 Å². The lowest BCUT2D eigenvalue weighted by Crippen LogP contribution is -2.33. The zero-order valence-electron chi connectivity index (χ0n) is 11.8. The van der Waals surface area contributed by atoms with Crippen LogP contribution in [0.5, 0.6) is 0 Å². The van der Waals surface area contributed by atoms with Crippen LogP contribution in [-0.4, -0.2) is 26.4 Å². The van der Waals surface area contributed by atoms with Crippen LogP contribution in [-0.2, 0) is 29.5 Å². The standard InChI is InChI=1S/C13H21O6P/c1-15-12-5-3-4-6-13(12)19-20(14,16-2)18-10-11-7-8-17-9-11/h7-9,12-13H,3-6,10H2,1-2H3. The molecule has 0 aliphatic heterocycles. The molecule has 3 atom stereocenters. The minimum Gasteiger partial charge on any atom is -0.472 e. The molecule has 0 aromatic carbocycles. The van der Waals surface area contributed by atoms with Crippen LogP contribution in [0.1, 0.15) is 31.2 Å². The summed E-state index contributed by atoms with van der Waals surface area (Å²) in [5, 5.41) is 0. The molecule has 114 valence electrons. The van der Waals surface area contributed by atoms with Crippen LogP contribution in [0.3, 0.4) is 0 Å². The number of hydrogen-bond donors (Lipinski definition) is 0. The van der Waals surface area contributed by atoms with E-state index in [4.69, 9.17) is 22.7 Å². The molecule has 1 aliphatic rings. The number of rotatable bonds is 7. The number of furan rings is 1. The van der Waals surface area contributed by atoms with E-state index in [2.05, 4.69) is 0 Å². The summed E-state index contributed by atoms with van der Waals surface area (Å²) in [6, 6.07) is 1.73. The Hall–Kier alpha value is -0.650. The predicted molar refractivity (Wildman–Crippen MR) is 72.3 cm³/mol. The summed E-state index contributed by atoms with van der Waals surface area (Å²) in [4.78, 5) is 0. The molecule has 2 rings (SSSR count). The Morgan fingerprint density at radius 1 is 1.30 bits per heavy atom. The maximum absolute atomic E-state index is 12.5. The van der Waals surface area contributed by atoms with Gasteiger partial charge in [0.25, 0.3) is 0 Å². The van der Waals surface area contributed by atoms with Crippen LogP contribution < -0.4 is 0 Å². The van der Waals surface area contributed by atoms with Crippen LogP contribution in [0.4, 0.5) is 0 Å².